The molecule has 9 rings (SSSR count). The smallest absolute Gasteiger partial charge is 0.408 e. The summed E-state index contributed by atoms with van der Waals surface area (Å²) in [5.41, 5.74) is 1.43. The fourth-order valence-electron chi connectivity index (χ4n) is 8.82. The lowest BCUT2D eigenvalue weighted by Crippen LogP contribution is -2.58. The van der Waals surface area contributed by atoms with Crippen molar-refractivity contribution < 1.29 is 37.1 Å². The Morgan fingerprint density at radius 1 is 0.881 bits per heavy atom. The molecule has 1 saturated heterocycles. The first kappa shape index (κ1) is 39.0. The quantitative estimate of drug-likeness (QED) is 0.205. The van der Waals surface area contributed by atoms with Gasteiger partial charge in [0.1, 0.15) is 29.8 Å². The predicted octanol–water partition coefficient (Wildman–Crippen LogP) is 4.94. The highest BCUT2D eigenvalue weighted by Gasteiger charge is 2.62. The molecule has 2 aromatic heterocycles. The highest BCUT2D eigenvalue weighted by Crippen LogP contribution is 2.46. The minimum Gasteiger partial charge on any atom is -0.473 e. The summed E-state index contributed by atoms with van der Waals surface area (Å²) in [5, 5.41) is 5.14. The summed E-state index contributed by atoms with van der Waals surface area (Å²) in [6.45, 7) is -0.0114. The summed E-state index contributed by atoms with van der Waals surface area (Å²) in [6, 6.07) is 16.9. The molecule has 3 saturated carbocycles. The third kappa shape index (κ3) is 8.10. The van der Waals surface area contributed by atoms with Gasteiger partial charge in [0, 0.05) is 24.0 Å². The zero-order chi connectivity index (χ0) is 40.7. The Bertz CT molecular complexity index is 2410. The molecule has 0 radical (unpaired) electrons. The number of ether oxygens (including phenoxy) is 2. The van der Waals surface area contributed by atoms with E-state index in [1.807, 2.05) is 77.2 Å². The van der Waals surface area contributed by atoms with Gasteiger partial charge in [-0.25, -0.2) is 27.6 Å². The van der Waals surface area contributed by atoms with Gasteiger partial charge in [-0.15, -0.1) is 0 Å². The summed E-state index contributed by atoms with van der Waals surface area (Å²) in [5.74, 6) is -1.47. The number of aromatic nitrogens is 3. The van der Waals surface area contributed by atoms with Gasteiger partial charge in [0.2, 0.25) is 33.5 Å². The van der Waals surface area contributed by atoms with Crippen LogP contribution in [0.25, 0.3) is 28.1 Å². The van der Waals surface area contributed by atoms with E-state index < -0.39 is 68.7 Å². The summed E-state index contributed by atoms with van der Waals surface area (Å²) in [6.07, 6.45) is 10.2. The first-order valence-electron chi connectivity index (χ1n) is 20.9. The normalized spacial score (nSPS) is 27.2. The maximum atomic E-state index is 14.8. The highest BCUT2D eigenvalue weighted by atomic mass is 32.2. The lowest BCUT2D eigenvalue weighted by Gasteiger charge is -2.30. The van der Waals surface area contributed by atoms with E-state index in [0.29, 0.717) is 55.0 Å². The number of sulfonamides is 1. The van der Waals surface area contributed by atoms with Crippen LogP contribution in [-0.2, 0) is 29.1 Å². The molecule has 2 aliphatic heterocycles. The van der Waals surface area contributed by atoms with Gasteiger partial charge in [0.05, 0.1) is 28.5 Å². The number of nitrogens with zero attached hydrogens (tertiary/aromatic N) is 4. The third-order valence-electron chi connectivity index (χ3n) is 12.3. The molecule has 0 unspecified atom stereocenters. The number of hydrogen-bond acceptors (Lipinski definition) is 10. The van der Waals surface area contributed by atoms with Crippen molar-refractivity contribution in [1.29, 1.82) is 0 Å². The Kier molecular flexibility index (Phi) is 10.5. The van der Waals surface area contributed by atoms with E-state index >= 15 is 0 Å². The number of fused-ring (bicyclic) bond motifs is 5. The molecule has 3 aliphatic carbocycles. The van der Waals surface area contributed by atoms with Crippen molar-refractivity contribution in [3.8, 4) is 17.1 Å². The van der Waals surface area contributed by atoms with Gasteiger partial charge >= 0.3 is 6.09 Å². The van der Waals surface area contributed by atoms with Crippen LogP contribution in [0, 0.1) is 5.92 Å². The van der Waals surface area contributed by atoms with Gasteiger partial charge in [0.25, 0.3) is 5.91 Å². The Hall–Kier alpha value is -5.51. The molecule has 0 spiro atoms. The van der Waals surface area contributed by atoms with E-state index in [4.69, 9.17) is 19.4 Å². The van der Waals surface area contributed by atoms with Crippen LogP contribution < -0.4 is 20.1 Å². The standard InChI is InChI=1S/C43H49N7O8S/c51-38-36-23-30(57-37-24-34(27-13-5-4-6-14-27)45-41-44-32-18-11-12-20-35(32)50(37)41)26-49(36)39(52)33(46-42(54)58-29-16-9-10-17-29)19-8-3-1-2-7-15-28-25-43(28,47-38)40(53)48-59(55,56)31-21-22-31/h4-7,11-15,18,20,24,28-31,33,36H,1-3,8-10,16-17,19,21-23,25-26H2,(H,46,54)(H,47,51)(H,48,53)/b15-7-/t28-,30-,33+,36+,43-/m1/s1. The Labute approximate surface area is 342 Å². The van der Waals surface area contributed by atoms with Crippen molar-refractivity contribution in [3.63, 3.8) is 0 Å². The lowest BCUT2D eigenvalue weighted by molar-refractivity contribution is -0.141. The molecule has 59 heavy (non-hydrogen) atoms. The number of allylic oxidation sites excluding steroid dienone is 1. The predicted molar refractivity (Wildman–Crippen MR) is 217 cm³/mol. The van der Waals surface area contributed by atoms with Crippen molar-refractivity contribution in [1.82, 2.24) is 34.6 Å². The van der Waals surface area contributed by atoms with E-state index in [-0.39, 0.29) is 25.5 Å². The van der Waals surface area contributed by atoms with Crippen molar-refractivity contribution in [2.24, 2.45) is 5.92 Å². The maximum Gasteiger partial charge on any atom is 0.408 e. The van der Waals surface area contributed by atoms with Crippen molar-refractivity contribution in [2.75, 3.05) is 6.54 Å². The van der Waals surface area contributed by atoms with Crippen LogP contribution in [0.1, 0.15) is 83.5 Å². The maximum absolute atomic E-state index is 14.8. The average molecular weight is 824 g/mol. The van der Waals surface area contributed by atoms with Crippen LogP contribution in [0.2, 0.25) is 0 Å². The number of amides is 4. The molecule has 2 aromatic carbocycles. The molecule has 5 aliphatic rings. The minimum atomic E-state index is -3.90. The molecular weight excluding hydrogens is 775 g/mol. The zero-order valence-electron chi connectivity index (χ0n) is 32.8. The van der Waals surface area contributed by atoms with Crippen LogP contribution in [-0.4, -0.2) is 93.1 Å². The number of para-hydroxylation sites is 2. The second kappa shape index (κ2) is 15.9. The van der Waals surface area contributed by atoms with E-state index in [9.17, 15) is 27.6 Å². The number of imidazole rings is 1. The van der Waals surface area contributed by atoms with Gasteiger partial charge in [-0.2, -0.15) is 0 Å². The summed E-state index contributed by atoms with van der Waals surface area (Å²) in [4.78, 5) is 67.6. The Morgan fingerprint density at radius 3 is 2.44 bits per heavy atom. The van der Waals surface area contributed by atoms with Gasteiger partial charge in [-0.3, -0.25) is 19.1 Å². The van der Waals surface area contributed by atoms with Gasteiger partial charge in [-0.1, -0.05) is 67.5 Å². The summed E-state index contributed by atoms with van der Waals surface area (Å²) < 4.78 is 42.5. The van der Waals surface area contributed by atoms with E-state index in [1.165, 1.54) is 4.90 Å². The van der Waals surface area contributed by atoms with Gasteiger partial charge in [-0.05, 0) is 76.3 Å². The number of hydrogen-bond donors (Lipinski definition) is 3. The third-order valence-corrected chi connectivity index (χ3v) is 14.1. The molecule has 4 amide bonds. The van der Waals surface area contributed by atoms with E-state index in [1.54, 1.807) is 0 Å². The second-order valence-corrected chi connectivity index (χ2v) is 18.5. The number of alkyl carbamates (subject to hydrolysis) is 1. The average Bonchev–Trinajstić information content (AvgIpc) is 4.03. The lowest BCUT2D eigenvalue weighted by atomic mass is 10.0. The summed E-state index contributed by atoms with van der Waals surface area (Å²) >= 11 is 0. The fraction of sp³-hybridized carbons (Fsp3) is 0.488. The molecular formula is C43H49N7O8S. The van der Waals surface area contributed by atoms with Crippen molar-refractivity contribution in [2.45, 2.75) is 119 Å². The van der Waals surface area contributed by atoms with E-state index in [0.717, 1.165) is 49.6 Å². The van der Waals surface area contributed by atoms with Crippen LogP contribution in [0.3, 0.4) is 0 Å². The SMILES string of the molecule is O=C(N[C@H]1CCCCC/C=C\[C@@H]2C[C@@]2(C(=O)NS(=O)(=O)C2CC2)NC(=O)[C@@H]2C[C@@H](Oc3cc(-c4ccccc4)nc4nc5ccccc5n34)CN2C1=O)OC1CCCC1. The summed E-state index contributed by atoms with van der Waals surface area (Å²) in [7, 11) is -3.90. The Morgan fingerprint density at radius 2 is 1.64 bits per heavy atom. The number of rotatable bonds is 8. The molecule has 4 aromatic rings. The zero-order valence-corrected chi connectivity index (χ0v) is 33.6. The number of benzene rings is 2. The fourth-order valence-corrected chi connectivity index (χ4v) is 10.2. The molecule has 4 fully saturated rings. The number of carbonyl (C=O) groups excluding carboxylic acids is 4. The largest absolute Gasteiger partial charge is 0.473 e. The molecule has 5 atom stereocenters. The topological polar surface area (TPSA) is 190 Å². The van der Waals surface area contributed by atoms with Gasteiger partial charge < -0.3 is 25.0 Å². The molecule has 3 N–H and O–H groups in total. The molecule has 4 heterocycles. The Balaban J connectivity index is 1.05. The highest BCUT2D eigenvalue weighted by molar-refractivity contribution is 7.91. The number of nitrogens with one attached hydrogen (secondary N) is 3. The van der Waals surface area contributed by atoms with Crippen LogP contribution in [0.4, 0.5) is 4.79 Å². The molecule has 0 bridgehead atoms. The molecule has 15 nitrogen and oxygen atoms in total. The molecule has 16 heteroatoms. The van der Waals surface area contributed by atoms with Gasteiger partial charge in [0.15, 0.2) is 0 Å². The van der Waals surface area contributed by atoms with Crippen molar-refractivity contribution in [3.05, 3.63) is 72.8 Å². The number of carbonyl (C=O) groups is 4. The van der Waals surface area contributed by atoms with Crippen LogP contribution in [0.5, 0.6) is 5.88 Å². The van der Waals surface area contributed by atoms with Crippen LogP contribution >= 0.6 is 0 Å². The molecule has 310 valence electrons. The van der Waals surface area contributed by atoms with Crippen LogP contribution in [0.15, 0.2) is 72.8 Å². The first-order chi connectivity index (χ1) is 28.6. The second-order valence-electron chi connectivity index (χ2n) is 16.6. The minimum absolute atomic E-state index is 0.0114. The van der Waals surface area contributed by atoms with Crippen molar-refractivity contribution >= 4 is 50.6 Å². The first-order valence-corrected chi connectivity index (χ1v) is 22.5. The monoisotopic (exact) mass is 823 g/mol. The van der Waals surface area contributed by atoms with E-state index in [2.05, 4.69) is 15.4 Å².